The molecule has 0 radical (unpaired) electrons. The van der Waals surface area contributed by atoms with Crippen molar-refractivity contribution in [1.82, 2.24) is 19.4 Å². The normalized spacial score (nSPS) is 19.0. The maximum absolute atomic E-state index is 15.2. The molecule has 0 saturated carbocycles. The van der Waals surface area contributed by atoms with Crippen molar-refractivity contribution in [3.8, 4) is 11.8 Å². The summed E-state index contributed by atoms with van der Waals surface area (Å²) < 4.78 is 59.7. The molecule has 2 aliphatic rings. The zero-order chi connectivity index (χ0) is 32.9. The van der Waals surface area contributed by atoms with Gasteiger partial charge in [0.2, 0.25) is 5.91 Å². The minimum atomic E-state index is -2.95. The van der Waals surface area contributed by atoms with E-state index in [0.29, 0.717) is 16.9 Å². The van der Waals surface area contributed by atoms with Gasteiger partial charge < -0.3 is 15.5 Å². The SMILES string of the molecule is C=CC(=O)N1CCN(c2c(C#N)c(=O)n(-c3c(C)ccnc3C(C)C)c3nc(C4=C(N)C(F)C(F)C(F)=C4F)c(Cl)cc23)CC1. The number of nitrogens with zero attached hydrogens (tertiary/aromatic N) is 6. The fraction of sp³-hybridized carbons (Fsp3) is 0.323. The van der Waals surface area contributed by atoms with Gasteiger partial charge in [0.05, 0.1) is 39.1 Å². The number of aryl methyl sites for hydroxylation is 1. The van der Waals surface area contributed by atoms with Gasteiger partial charge >= 0.3 is 0 Å². The fourth-order valence-electron chi connectivity index (χ4n) is 5.68. The highest BCUT2D eigenvalue weighted by Crippen LogP contribution is 2.43. The van der Waals surface area contributed by atoms with Gasteiger partial charge in [0.25, 0.3) is 5.56 Å². The second-order valence-corrected chi connectivity index (χ2v) is 11.4. The van der Waals surface area contributed by atoms with E-state index in [0.717, 1.165) is 4.57 Å². The Morgan fingerprint density at radius 3 is 2.47 bits per heavy atom. The number of hydrogen-bond donors (Lipinski definition) is 1. The highest BCUT2D eigenvalue weighted by Gasteiger charge is 2.40. The Bertz CT molecular complexity index is 1920. The van der Waals surface area contributed by atoms with Gasteiger partial charge in [0, 0.05) is 37.8 Å². The quantitative estimate of drug-likeness (QED) is 0.305. The Balaban J connectivity index is 1.90. The third kappa shape index (κ3) is 5.12. The smallest absolute Gasteiger partial charge is 0.276 e. The number of aromatic nitrogens is 3. The first-order chi connectivity index (χ1) is 21.3. The summed E-state index contributed by atoms with van der Waals surface area (Å²) in [4.78, 5) is 38.7. The molecule has 1 aliphatic carbocycles. The van der Waals surface area contributed by atoms with Crippen molar-refractivity contribution in [2.24, 2.45) is 5.73 Å². The molecule has 1 fully saturated rings. The van der Waals surface area contributed by atoms with E-state index in [-0.39, 0.29) is 65.3 Å². The van der Waals surface area contributed by atoms with Crippen molar-refractivity contribution >= 4 is 39.8 Å². The van der Waals surface area contributed by atoms with Gasteiger partial charge in [0.15, 0.2) is 24.0 Å². The van der Waals surface area contributed by atoms with Crippen molar-refractivity contribution in [3.63, 3.8) is 0 Å². The second kappa shape index (κ2) is 12.0. The fourth-order valence-corrected chi connectivity index (χ4v) is 5.92. The minimum Gasteiger partial charge on any atom is -0.399 e. The molecule has 45 heavy (non-hydrogen) atoms. The molecule has 4 heterocycles. The molecular formula is C31H28ClF4N7O2. The van der Waals surface area contributed by atoms with Gasteiger partial charge in [0.1, 0.15) is 17.3 Å². The van der Waals surface area contributed by atoms with Crippen LogP contribution in [0.2, 0.25) is 5.02 Å². The van der Waals surface area contributed by atoms with Crippen LogP contribution in [0.15, 0.2) is 53.1 Å². The summed E-state index contributed by atoms with van der Waals surface area (Å²) in [5.74, 6) is -4.26. The molecule has 2 atom stereocenters. The minimum absolute atomic E-state index is 0.137. The van der Waals surface area contributed by atoms with Gasteiger partial charge in [-0.25, -0.2) is 22.5 Å². The van der Waals surface area contributed by atoms with Crippen LogP contribution in [-0.2, 0) is 4.79 Å². The average molecular weight is 642 g/mol. The lowest BCUT2D eigenvalue weighted by molar-refractivity contribution is -0.126. The molecule has 1 aliphatic heterocycles. The van der Waals surface area contributed by atoms with Crippen LogP contribution < -0.4 is 16.2 Å². The number of hydrogen-bond acceptors (Lipinski definition) is 7. The molecule has 1 saturated heterocycles. The zero-order valence-electron chi connectivity index (χ0n) is 24.5. The van der Waals surface area contributed by atoms with E-state index in [1.54, 1.807) is 29.0 Å². The standard InChI is InChI=1S/C31H28ClF4N7O2/c1-5-19(44)41-8-10-42(11-9-41)29-16-12-18(32)27(20-21(33)22(34)23(35)24(36)25(20)38)40-30(16)43(31(45)17(29)13-37)28-15(4)6-7-39-26(28)14(2)3/h5-7,12,14,23-24H,1,8-11,38H2,2-4H3. The zero-order valence-corrected chi connectivity index (χ0v) is 25.3. The lowest BCUT2D eigenvalue weighted by Gasteiger charge is -2.36. The predicted molar refractivity (Wildman–Crippen MR) is 163 cm³/mol. The van der Waals surface area contributed by atoms with Crippen molar-refractivity contribution < 1.29 is 22.4 Å². The van der Waals surface area contributed by atoms with Gasteiger partial charge in [-0.1, -0.05) is 32.0 Å². The number of amides is 1. The predicted octanol–water partition coefficient (Wildman–Crippen LogP) is 5.08. The summed E-state index contributed by atoms with van der Waals surface area (Å²) in [5, 5.41) is 10.2. The van der Waals surface area contributed by atoms with E-state index < -0.39 is 46.5 Å². The molecule has 0 bridgehead atoms. The van der Waals surface area contributed by atoms with Crippen LogP contribution in [0.4, 0.5) is 23.2 Å². The number of pyridine rings is 3. The Morgan fingerprint density at radius 2 is 1.87 bits per heavy atom. The molecule has 0 spiro atoms. The molecular weight excluding hydrogens is 614 g/mol. The Labute approximate surface area is 260 Å². The summed E-state index contributed by atoms with van der Waals surface area (Å²) in [6, 6.07) is 4.96. The number of rotatable bonds is 5. The number of alkyl halides is 2. The molecule has 14 heteroatoms. The largest absolute Gasteiger partial charge is 0.399 e. The van der Waals surface area contributed by atoms with Crippen molar-refractivity contribution in [2.45, 2.75) is 39.0 Å². The summed E-state index contributed by atoms with van der Waals surface area (Å²) in [5.41, 5.74) is 3.75. The van der Waals surface area contributed by atoms with E-state index in [9.17, 15) is 28.0 Å². The van der Waals surface area contributed by atoms with E-state index in [2.05, 4.69) is 16.5 Å². The van der Waals surface area contributed by atoms with Crippen LogP contribution >= 0.6 is 11.6 Å². The monoisotopic (exact) mass is 641 g/mol. The van der Waals surface area contributed by atoms with Crippen LogP contribution in [0.3, 0.4) is 0 Å². The first-order valence-corrected chi connectivity index (χ1v) is 14.4. The van der Waals surface area contributed by atoms with Crippen LogP contribution in [0.1, 0.15) is 42.3 Å². The molecule has 1 amide bonds. The van der Waals surface area contributed by atoms with E-state index in [1.165, 1.54) is 12.1 Å². The Kier molecular flexibility index (Phi) is 8.46. The second-order valence-electron chi connectivity index (χ2n) is 11.0. The van der Waals surface area contributed by atoms with Crippen LogP contribution in [0, 0.1) is 18.3 Å². The van der Waals surface area contributed by atoms with Gasteiger partial charge in [-0.05, 0) is 36.6 Å². The summed E-state index contributed by atoms with van der Waals surface area (Å²) in [6.45, 7) is 9.87. The average Bonchev–Trinajstić information content (AvgIpc) is 3.02. The number of anilines is 1. The van der Waals surface area contributed by atoms with Gasteiger partial charge in [-0.2, -0.15) is 5.26 Å². The maximum Gasteiger partial charge on any atom is 0.276 e. The van der Waals surface area contributed by atoms with E-state index in [1.807, 2.05) is 19.9 Å². The van der Waals surface area contributed by atoms with E-state index in [4.69, 9.17) is 17.3 Å². The highest BCUT2D eigenvalue weighted by molar-refractivity contribution is 6.33. The topological polar surface area (TPSA) is 121 Å². The van der Waals surface area contributed by atoms with Crippen LogP contribution in [0.25, 0.3) is 22.3 Å². The van der Waals surface area contributed by atoms with Crippen molar-refractivity contribution in [1.29, 1.82) is 5.26 Å². The lowest BCUT2D eigenvalue weighted by Crippen LogP contribution is -2.49. The molecule has 0 aromatic carbocycles. The third-order valence-corrected chi connectivity index (χ3v) is 8.23. The first kappa shape index (κ1) is 31.7. The number of carbonyl (C=O) groups excluding carboxylic acids is 1. The number of allylic oxidation sites excluding steroid dienone is 4. The van der Waals surface area contributed by atoms with E-state index >= 15 is 4.39 Å². The molecule has 9 nitrogen and oxygen atoms in total. The number of piperazine rings is 1. The van der Waals surface area contributed by atoms with Crippen LogP contribution in [0.5, 0.6) is 0 Å². The molecule has 5 rings (SSSR count). The Morgan fingerprint density at radius 1 is 1.20 bits per heavy atom. The highest BCUT2D eigenvalue weighted by atomic mass is 35.5. The third-order valence-electron chi connectivity index (χ3n) is 7.95. The number of fused-ring (bicyclic) bond motifs is 1. The molecule has 3 aromatic heterocycles. The van der Waals surface area contributed by atoms with Gasteiger partial charge in [-0.15, -0.1) is 0 Å². The summed E-state index contributed by atoms with van der Waals surface area (Å²) >= 11 is 6.59. The summed E-state index contributed by atoms with van der Waals surface area (Å²) in [6.07, 6.45) is -2.91. The van der Waals surface area contributed by atoms with Crippen molar-refractivity contribution in [2.75, 3.05) is 31.1 Å². The van der Waals surface area contributed by atoms with Gasteiger partial charge in [-0.3, -0.25) is 19.1 Å². The number of halogens is 5. The Hall–Kier alpha value is -4.70. The number of carbonyl (C=O) groups is 1. The first-order valence-electron chi connectivity index (χ1n) is 14.0. The number of nitriles is 1. The molecule has 2 N–H and O–H groups in total. The maximum atomic E-state index is 15.2. The summed E-state index contributed by atoms with van der Waals surface area (Å²) in [7, 11) is 0. The molecule has 234 valence electrons. The number of nitrogens with two attached hydrogens (primary N) is 1. The van der Waals surface area contributed by atoms with Crippen LogP contribution in [-0.4, -0.2) is 63.9 Å². The molecule has 3 aromatic rings. The lowest BCUT2D eigenvalue weighted by atomic mass is 9.95. The van der Waals surface area contributed by atoms with Crippen molar-refractivity contribution in [3.05, 3.63) is 86.2 Å². The molecule has 2 unspecified atom stereocenters.